The summed E-state index contributed by atoms with van der Waals surface area (Å²) in [5.74, 6) is 2.41. The molecule has 0 aromatic carbocycles. The van der Waals surface area contributed by atoms with Gasteiger partial charge in [-0.1, -0.05) is 20.8 Å². The van der Waals surface area contributed by atoms with Crippen LogP contribution >= 0.6 is 11.8 Å². The first-order chi connectivity index (χ1) is 9.60. The summed E-state index contributed by atoms with van der Waals surface area (Å²) >= 11 is 1.86. The minimum absolute atomic E-state index is 0.366. The van der Waals surface area contributed by atoms with E-state index in [1.807, 2.05) is 18.0 Å². The fraction of sp³-hybridized carbons (Fsp3) is 0.733. The Morgan fingerprint density at radius 1 is 1.40 bits per heavy atom. The van der Waals surface area contributed by atoms with Gasteiger partial charge in [0.25, 0.3) is 0 Å². The molecule has 0 unspecified atom stereocenters. The highest BCUT2D eigenvalue weighted by Gasteiger charge is 2.12. The Kier molecular flexibility index (Phi) is 7.92. The summed E-state index contributed by atoms with van der Waals surface area (Å²) in [7, 11) is 2.12. The topological polar surface area (TPSA) is 41.1 Å². The SMILES string of the molecule is CCCNCc1nc(C(C)C)ncc1N(C)CCSC. The highest BCUT2D eigenvalue weighted by atomic mass is 32.2. The standard InChI is InChI=1S/C15H28N4S/c1-6-7-16-10-13-14(19(4)8-9-20-5)11-17-15(18-13)12(2)3/h11-12,16H,6-10H2,1-5H3. The predicted molar refractivity (Wildman–Crippen MR) is 89.8 cm³/mol. The third-order valence-electron chi connectivity index (χ3n) is 3.14. The number of rotatable bonds is 9. The summed E-state index contributed by atoms with van der Waals surface area (Å²) < 4.78 is 0. The Balaban J connectivity index is 2.89. The molecular formula is C15H28N4S. The molecule has 1 aromatic heterocycles. The van der Waals surface area contributed by atoms with Crippen LogP contribution in [0.1, 0.15) is 44.6 Å². The molecule has 5 heteroatoms. The van der Waals surface area contributed by atoms with Gasteiger partial charge in [-0.15, -0.1) is 0 Å². The molecule has 0 atom stereocenters. The monoisotopic (exact) mass is 296 g/mol. The minimum atomic E-state index is 0.366. The minimum Gasteiger partial charge on any atom is -0.371 e. The molecule has 0 aliphatic carbocycles. The third kappa shape index (κ3) is 5.29. The molecule has 0 aliphatic heterocycles. The zero-order valence-electron chi connectivity index (χ0n) is 13.4. The molecule has 1 aromatic rings. The van der Waals surface area contributed by atoms with Gasteiger partial charge in [-0.3, -0.25) is 0 Å². The summed E-state index contributed by atoms with van der Waals surface area (Å²) in [6, 6.07) is 0. The van der Waals surface area contributed by atoms with Crippen molar-refractivity contribution in [2.24, 2.45) is 0 Å². The molecular weight excluding hydrogens is 268 g/mol. The number of anilines is 1. The molecule has 4 nitrogen and oxygen atoms in total. The summed E-state index contributed by atoms with van der Waals surface area (Å²) in [4.78, 5) is 11.5. The molecule has 0 saturated heterocycles. The summed E-state index contributed by atoms with van der Waals surface area (Å²) in [5, 5.41) is 3.45. The van der Waals surface area contributed by atoms with Gasteiger partial charge in [-0.2, -0.15) is 11.8 Å². The van der Waals surface area contributed by atoms with Crippen LogP contribution in [0.3, 0.4) is 0 Å². The maximum Gasteiger partial charge on any atom is 0.131 e. The molecule has 0 spiro atoms. The highest BCUT2D eigenvalue weighted by Crippen LogP contribution is 2.19. The van der Waals surface area contributed by atoms with E-state index in [0.717, 1.165) is 49.0 Å². The average Bonchev–Trinajstić information content (AvgIpc) is 2.44. The summed E-state index contributed by atoms with van der Waals surface area (Å²) in [6.45, 7) is 9.31. The van der Waals surface area contributed by atoms with Crippen molar-refractivity contribution in [1.82, 2.24) is 15.3 Å². The van der Waals surface area contributed by atoms with E-state index in [0.29, 0.717) is 5.92 Å². The van der Waals surface area contributed by atoms with E-state index in [2.05, 4.69) is 49.3 Å². The van der Waals surface area contributed by atoms with Crippen LogP contribution in [-0.4, -0.2) is 42.1 Å². The fourth-order valence-electron chi connectivity index (χ4n) is 1.89. The van der Waals surface area contributed by atoms with Crippen molar-refractivity contribution in [3.63, 3.8) is 0 Å². The van der Waals surface area contributed by atoms with E-state index in [9.17, 15) is 0 Å². The van der Waals surface area contributed by atoms with Crippen molar-refractivity contribution >= 4 is 17.4 Å². The van der Waals surface area contributed by atoms with E-state index in [1.165, 1.54) is 0 Å². The Morgan fingerprint density at radius 3 is 2.75 bits per heavy atom. The van der Waals surface area contributed by atoms with E-state index >= 15 is 0 Å². The van der Waals surface area contributed by atoms with Gasteiger partial charge in [0.1, 0.15) is 5.82 Å². The number of hydrogen-bond acceptors (Lipinski definition) is 5. The number of hydrogen-bond donors (Lipinski definition) is 1. The van der Waals surface area contributed by atoms with E-state index in [-0.39, 0.29) is 0 Å². The van der Waals surface area contributed by atoms with Crippen LogP contribution in [0.25, 0.3) is 0 Å². The summed E-state index contributed by atoms with van der Waals surface area (Å²) in [6.07, 6.45) is 5.25. The van der Waals surface area contributed by atoms with Crippen LogP contribution in [0.5, 0.6) is 0 Å². The van der Waals surface area contributed by atoms with Crippen molar-refractivity contribution in [3.05, 3.63) is 17.7 Å². The normalized spacial score (nSPS) is 11.1. The van der Waals surface area contributed by atoms with Crippen LogP contribution in [0, 0.1) is 0 Å². The number of thioether (sulfide) groups is 1. The quantitative estimate of drug-likeness (QED) is 0.710. The van der Waals surface area contributed by atoms with Gasteiger partial charge < -0.3 is 10.2 Å². The lowest BCUT2D eigenvalue weighted by atomic mass is 10.2. The number of nitrogens with one attached hydrogen (secondary N) is 1. The van der Waals surface area contributed by atoms with Crippen LogP contribution in [0.2, 0.25) is 0 Å². The first-order valence-corrected chi connectivity index (χ1v) is 8.76. The predicted octanol–water partition coefficient (Wildman–Crippen LogP) is 2.90. The van der Waals surface area contributed by atoms with Crippen molar-refractivity contribution in [3.8, 4) is 0 Å². The lowest BCUT2D eigenvalue weighted by molar-refractivity contribution is 0.650. The van der Waals surface area contributed by atoms with E-state index in [4.69, 9.17) is 4.98 Å². The fourth-order valence-corrected chi connectivity index (χ4v) is 2.34. The zero-order chi connectivity index (χ0) is 15.0. The van der Waals surface area contributed by atoms with Gasteiger partial charge in [0.05, 0.1) is 17.6 Å². The van der Waals surface area contributed by atoms with Gasteiger partial charge in [-0.25, -0.2) is 9.97 Å². The van der Waals surface area contributed by atoms with Crippen LogP contribution in [0.4, 0.5) is 5.69 Å². The number of nitrogens with zero attached hydrogens (tertiary/aromatic N) is 3. The smallest absolute Gasteiger partial charge is 0.131 e. The van der Waals surface area contributed by atoms with Crippen LogP contribution in [0.15, 0.2) is 6.20 Å². The molecule has 1 heterocycles. The maximum absolute atomic E-state index is 4.75. The lowest BCUT2D eigenvalue weighted by Crippen LogP contribution is -2.25. The molecule has 0 saturated carbocycles. The van der Waals surface area contributed by atoms with Gasteiger partial charge in [0, 0.05) is 31.8 Å². The number of aromatic nitrogens is 2. The Labute approximate surface area is 127 Å². The highest BCUT2D eigenvalue weighted by molar-refractivity contribution is 7.98. The van der Waals surface area contributed by atoms with E-state index < -0.39 is 0 Å². The Bertz CT molecular complexity index is 395. The maximum atomic E-state index is 4.75. The average molecular weight is 296 g/mol. The van der Waals surface area contributed by atoms with Crippen LogP contribution in [-0.2, 0) is 6.54 Å². The van der Waals surface area contributed by atoms with Crippen molar-refractivity contribution < 1.29 is 0 Å². The molecule has 1 N–H and O–H groups in total. The van der Waals surface area contributed by atoms with Crippen molar-refractivity contribution in [1.29, 1.82) is 0 Å². The second kappa shape index (κ2) is 9.19. The molecule has 0 aliphatic rings. The molecule has 0 fully saturated rings. The zero-order valence-corrected chi connectivity index (χ0v) is 14.3. The first kappa shape index (κ1) is 17.2. The first-order valence-electron chi connectivity index (χ1n) is 7.36. The largest absolute Gasteiger partial charge is 0.371 e. The van der Waals surface area contributed by atoms with Gasteiger partial charge in [-0.05, 0) is 19.2 Å². The Hall–Kier alpha value is -0.810. The molecule has 0 amide bonds. The third-order valence-corrected chi connectivity index (χ3v) is 3.73. The molecule has 1 rings (SSSR count). The van der Waals surface area contributed by atoms with Gasteiger partial charge in [0.15, 0.2) is 0 Å². The second-order valence-electron chi connectivity index (χ2n) is 5.31. The molecule has 20 heavy (non-hydrogen) atoms. The Morgan fingerprint density at radius 2 is 2.15 bits per heavy atom. The molecule has 0 radical (unpaired) electrons. The molecule has 114 valence electrons. The van der Waals surface area contributed by atoms with E-state index in [1.54, 1.807) is 0 Å². The summed E-state index contributed by atoms with van der Waals surface area (Å²) in [5.41, 5.74) is 2.26. The van der Waals surface area contributed by atoms with Gasteiger partial charge >= 0.3 is 0 Å². The van der Waals surface area contributed by atoms with Crippen molar-refractivity contribution in [2.45, 2.75) is 39.7 Å². The van der Waals surface area contributed by atoms with Crippen molar-refractivity contribution in [2.75, 3.05) is 37.0 Å². The van der Waals surface area contributed by atoms with Crippen LogP contribution < -0.4 is 10.2 Å². The van der Waals surface area contributed by atoms with Gasteiger partial charge in [0.2, 0.25) is 0 Å². The lowest BCUT2D eigenvalue weighted by Gasteiger charge is -2.22. The second-order valence-corrected chi connectivity index (χ2v) is 6.29. The molecule has 0 bridgehead atoms.